The monoisotopic (exact) mass is 282 g/mol. The van der Waals surface area contributed by atoms with Crippen LogP contribution < -0.4 is 21.6 Å². The first-order valence-corrected chi connectivity index (χ1v) is 6.37. The van der Waals surface area contributed by atoms with Gasteiger partial charge in [0.2, 0.25) is 5.95 Å². The third-order valence-corrected chi connectivity index (χ3v) is 3.22. The number of anilines is 1. The molecule has 0 bridgehead atoms. The number of rotatable bonds is 3. The fraction of sp³-hybridized carbons (Fsp3) is 0.0667. The number of aromatic nitrogens is 2. The molecule has 2 aromatic carbocycles. The molecule has 0 fully saturated rings. The van der Waals surface area contributed by atoms with E-state index < -0.39 is 0 Å². The van der Waals surface area contributed by atoms with E-state index in [4.69, 9.17) is 10.6 Å². The first-order valence-electron chi connectivity index (χ1n) is 6.37. The average molecular weight is 282 g/mol. The van der Waals surface area contributed by atoms with Crippen LogP contribution in [0, 0.1) is 0 Å². The van der Waals surface area contributed by atoms with Crippen LogP contribution in [0.1, 0.15) is 0 Å². The largest absolute Gasteiger partial charge is 0.497 e. The summed E-state index contributed by atoms with van der Waals surface area (Å²) in [5, 5.41) is 0.527. The molecule has 0 aliphatic heterocycles. The van der Waals surface area contributed by atoms with Crippen molar-refractivity contribution in [3.05, 3.63) is 58.9 Å². The zero-order chi connectivity index (χ0) is 14.8. The first kappa shape index (κ1) is 13.1. The van der Waals surface area contributed by atoms with E-state index in [9.17, 15) is 4.79 Å². The summed E-state index contributed by atoms with van der Waals surface area (Å²) < 4.78 is 6.61. The van der Waals surface area contributed by atoms with Gasteiger partial charge in [0.25, 0.3) is 5.56 Å². The fourth-order valence-corrected chi connectivity index (χ4v) is 2.22. The number of hydrazine groups is 1. The van der Waals surface area contributed by atoms with Gasteiger partial charge in [-0.25, -0.2) is 15.4 Å². The maximum atomic E-state index is 12.7. The minimum Gasteiger partial charge on any atom is -0.497 e. The van der Waals surface area contributed by atoms with Crippen LogP contribution in [0.4, 0.5) is 5.95 Å². The van der Waals surface area contributed by atoms with E-state index in [1.54, 1.807) is 49.6 Å². The molecular weight excluding hydrogens is 268 g/mol. The molecule has 3 rings (SSSR count). The number of nitrogens with zero attached hydrogens (tertiary/aromatic N) is 2. The third kappa shape index (κ3) is 2.21. The molecule has 106 valence electrons. The highest BCUT2D eigenvalue weighted by Gasteiger charge is 2.12. The van der Waals surface area contributed by atoms with Crippen LogP contribution in [0.2, 0.25) is 0 Å². The van der Waals surface area contributed by atoms with Gasteiger partial charge in [0.15, 0.2) is 0 Å². The number of ether oxygens (including phenoxy) is 1. The second kappa shape index (κ2) is 5.26. The Morgan fingerprint density at radius 1 is 1.19 bits per heavy atom. The van der Waals surface area contributed by atoms with Crippen molar-refractivity contribution in [3.8, 4) is 11.4 Å². The Bertz CT molecular complexity index is 858. The van der Waals surface area contributed by atoms with Gasteiger partial charge in [-0.2, -0.15) is 0 Å². The molecule has 0 amide bonds. The number of hydrogen-bond donors (Lipinski definition) is 2. The van der Waals surface area contributed by atoms with Crippen molar-refractivity contribution >= 4 is 16.9 Å². The minimum atomic E-state index is -0.193. The van der Waals surface area contributed by atoms with Crippen LogP contribution in [0.3, 0.4) is 0 Å². The molecule has 6 heteroatoms. The van der Waals surface area contributed by atoms with E-state index in [-0.39, 0.29) is 11.5 Å². The Kier molecular flexibility index (Phi) is 3.29. The molecule has 0 aliphatic rings. The predicted molar refractivity (Wildman–Crippen MR) is 81.7 cm³/mol. The standard InChI is InChI=1S/C15H14N4O2/c1-21-11-6-4-5-10(9-11)19-14(20)12-7-2-3-8-13(12)17-15(19)18-16/h2-9H,16H2,1H3,(H,17,18). The van der Waals surface area contributed by atoms with E-state index in [2.05, 4.69) is 10.4 Å². The molecule has 0 saturated heterocycles. The lowest BCUT2D eigenvalue weighted by Gasteiger charge is -2.13. The number of nitrogen functional groups attached to an aromatic ring is 1. The first-order chi connectivity index (χ1) is 10.2. The second-order valence-electron chi connectivity index (χ2n) is 4.44. The van der Waals surface area contributed by atoms with Crippen molar-refractivity contribution in [3.63, 3.8) is 0 Å². The molecule has 1 heterocycles. The second-order valence-corrected chi connectivity index (χ2v) is 4.44. The minimum absolute atomic E-state index is 0.193. The lowest BCUT2D eigenvalue weighted by atomic mass is 10.2. The summed E-state index contributed by atoms with van der Waals surface area (Å²) in [6.45, 7) is 0. The Labute approximate surface area is 120 Å². The van der Waals surface area contributed by atoms with Crippen molar-refractivity contribution < 1.29 is 4.74 Å². The van der Waals surface area contributed by atoms with Gasteiger partial charge in [-0.3, -0.25) is 10.2 Å². The maximum Gasteiger partial charge on any atom is 0.267 e. The Hall–Kier alpha value is -2.86. The predicted octanol–water partition coefficient (Wildman–Crippen LogP) is 1.68. The zero-order valence-corrected chi connectivity index (χ0v) is 11.4. The topological polar surface area (TPSA) is 82.2 Å². The SMILES string of the molecule is COc1cccc(-n2c(NN)nc3ccccc3c2=O)c1. The number of hydrogen-bond acceptors (Lipinski definition) is 5. The van der Waals surface area contributed by atoms with E-state index >= 15 is 0 Å². The third-order valence-electron chi connectivity index (χ3n) is 3.22. The number of benzene rings is 2. The van der Waals surface area contributed by atoms with E-state index in [0.717, 1.165) is 0 Å². The van der Waals surface area contributed by atoms with Crippen LogP contribution >= 0.6 is 0 Å². The molecule has 1 aromatic heterocycles. The van der Waals surface area contributed by atoms with Crippen molar-refractivity contribution in [2.45, 2.75) is 0 Å². The molecule has 0 radical (unpaired) electrons. The molecule has 0 atom stereocenters. The van der Waals surface area contributed by atoms with Crippen molar-refractivity contribution in [2.24, 2.45) is 5.84 Å². The highest BCUT2D eigenvalue weighted by Crippen LogP contribution is 2.19. The summed E-state index contributed by atoms with van der Waals surface area (Å²) in [6.07, 6.45) is 0. The van der Waals surface area contributed by atoms with Gasteiger partial charge in [-0.05, 0) is 24.3 Å². The summed E-state index contributed by atoms with van der Waals surface area (Å²) in [7, 11) is 1.57. The molecule has 0 saturated carbocycles. The van der Waals surface area contributed by atoms with Crippen LogP contribution in [0.5, 0.6) is 5.75 Å². The quantitative estimate of drug-likeness (QED) is 0.564. The van der Waals surface area contributed by atoms with Crippen molar-refractivity contribution in [1.29, 1.82) is 0 Å². The van der Waals surface area contributed by atoms with Gasteiger partial charge < -0.3 is 4.74 Å². The number of methoxy groups -OCH3 is 1. The lowest BCUT2D eigenvalue weighted by Crippen LogP contribution is -2.25. The molecule has 0 spiro atoms. The Morgan fingerprint density at radius 3 is 2.76 bits per heavy atom. The number of nitrogens with two attached hydrogens (primary N) is 1. The summed E-state index contributed by atoms with van der Waals surface area (Å²) in [4.78, 5) is 17.1. The zero-order valence-electron chi connectivity index (χ0n) is 11.4. The maximum absolute atomic E-state index is 12.7. The lowest BCUT2D eigenvalue weighted by molar-refractivity contribution is 0.414. The molecule has 6 nitrogen and oxygen atoms in total. The number of nitrogens with one attached hydrogen (secondary N) is 1. The Balaban J connectivity index is 2.35. The fourth-order valence-electron chi connectivity index (χ4n) is 2.22. The molecular formula is C15H14N4O2. The number of fused-ring (bicyclic) bond motifs is 1. The highest BCUT2D eigenvalue weighted by atomic mass is 16.5. The van der Waals surface area contributed by atoms with Crippen molar-refractivity contribution in [2.75, 3.05) is 12.5 Å². The summed E-state index contributed by atoms with van der Waals surface area (Å²) in [6, 6.07) is 14.3. The molecule has 3 N–H and O–H groups in total. The van der Waals surface area contributed by atoms with Crippen molar-refractivity contribution in [1.82, 2.24) is 9.55 Å². The molecule has 3 aromatic rings. The van der Waals surface area contributed by atoms with Gasteiger partial charge >= 0.3 is 0 Å². The van der Waals surface area contributed by atoms with E-state index in [0.29, 0.717) is 22.3 Å². The highest BCUT2D eigenvalue weighted by molar-refractivity contribution is 5.79. The van der Waals surface area contributed by atoms with Gasteiger partial charge in [0.1, 0.15) is 5.75 Å². The summed E-state index contributed by atoms with van der Waals surface area (Å²) in [5.41, 5.74) is 3.51. The molecule has 0 unspecified atom stereocenters. The van der Waals surface area contributed by atoms with Gasteiger partial charge in [-0.15, -0.1) is 0 Å². The Morgan fingerprint density at radius 2 is 2.00 bits per heavy atom. The van der Waals surface area contributed by atoms with Crippen LogP contribution in [-0.2, 0) is 0 Å². The van der Waals surface area contributed by atoms with Gasteiger partial charge in [-0.1, -0.05) is 18.2 Å². The van der Waals surface area contributed by atoms with E-state index in [1.807, 2.05) is 6.07 Å². The normalized spacial score (nSPS) is 10.6. The molecule has 0 aliphatic carbocycles. The smallest absolute Gasteiger partial charge is 0.267 e. The summed E-state index contributed by atoms with van der Waals surface area (Å²) in [5.74, 6) is 6.43. The number of para-hydroxylation sites is 1. The molecule has 21 heavy (non-hydrogen) atoms. The van der Waals surface area contributed by atoms with Crippen LogP contribution in [0.15, 0.2) is 53.3 Å². The van der Waals surface area contributed by atoms with Crippen LogP contribution in [0.25, 0.3) is 16.6 Å². The van der Waals surface area contributed by atoms with E-state index in [1.165, 1.54) is 4.57 Å². The summed E-state index contributed by atoms with van der Waals surface area (Å²) >= 11 is 0. The van der Waals surface area contributed by atoms with Gasteiger partial charge in [0.05, 0.1) is 23.7 Å². The average Bonchev–Trinajstić information content (AvgIpc) is 2.54. The van der Waals surface area contributed by atoms with Crippen LogP contribution in [-0.4, -0.2) is 16.7 Å². The van der Waals surface area contributed by atoms with Gasteiger partial charge in [0, 0.05) is 6.07 Å².